The van der Waals surface area contributed by atoms with Gasteiger partial charge in [0.1, 0.15) is 22.6 Å². The average Bonchev–Trinajstić information content (AvgIpc) is 1.59. The van der Waals surface area contributed by atoms with Crippen molar-refractivity contribution in [2.45, 2.75) is 65.3 Å². The zero-order chi connectivity index (χ0) is 70.0. The summed E-state index contributed by atoms with van der Waals surface area (Å²) in [5, 5.41) is 19.6. The number of hydrogen-bond donors (Lipinski definition) is 6. The molecule has 0 fully saturated rings. The van der Waals surface area contributed by atoms with Crippen LogP contribution in [-0.2, 0) is 26.2 Å². The summed E-state index contributed by atoms with van der Waals surface area (Å²) < 4.78 is 0. The topological polar surface area (TPSA) is 157 Å². The monoisotopic (exact) mass is 1500 g/mol. The predicted octanol–water partition coefficient (Wildman–Crippen LogP) is 24.5. The summed E-state index contributed by atoms with van der Waals surface area (Å²) in [6.07, 6.45) is 0. The second kappa shape index (κ2) is 29.8. The fourth-order valence-corrected chi connectivity index (χ4v) is 17.5. The molecule has 12 nitrogen and oxygen atoms in total. The standard InChI is InChI=1S/C84H58Cl4N12S4/c85-61-37-53-57(41-73(61)101-69-33-17-13-29-65(69)89-45-49-21-5-1-6-22-49)81-93-77(53)98-82-59-43-75(103-71-35-19-15-31-67(71)91-47-51-25-9-3-10-26-51)63(87)39-55(59)79(95-82)100-84-60-44-76(104-72-36-20-16-32-68(72)92-48-52-27-11-4-12-28-52)64(88)40-56(60)80(96-84)99-83-58-42-74(62(86)38-54(58)78(94-83)97-81)102-70-34-18-14-30-66(70)90-46-50-23-7-2-8-24-50/h1-44,89-92H,45-48H2,(H2,93,94,95,96,97,98,99,100). The van der Waals surface area contributed by atoms with E-state index in [9.17, 15) is 0 Å². The van der Waals surface area contributed by atoms with E-state index in [0.29, 0.717) is 125 Å². The van der Waals surface area contributed by atoms with Crippen LogP contribution in [0.1, 0.15) is 22.3 Å². The van der Waals surface area contributed by atoms with Crippen LogP contribution in [0.4, 0.5) is 22.7 Å². The fourth-order valence-electron chi connectivity index (χ4n) is 12.6. The van der Waals surface area contributed by atoms with Gasteiger partial charge >= 0.3 is 0 Å². The third-order valence-electron chi connectivity index (χ3n) is 17.8. The van der Waals surface area contributed by atoms with Gasteiger partial charge in [-0.05, 0) is 119 Å². The van der Waals surface area contributed by atoms with E-state index in [1.165, 1.54) is 0 Å². The molecule has 15 aromatic rings. The molecule has 0 unspecified atom stereocenters. The van der Waals surface area contributed by atoms with Crippen molar-refractivity contribution >= 4 is 160 Å². The predicted molar refractivity (Wildman–Crippen MR) is 433 cm³/mol. The number of anilines is 4. The molecule has 5 heterocycles. The zero-order valence-corrected chi connectivity index (χ0v) is 61.3. The van der Waals surface area contributed by atoms with Crippen molar-refractivity contribution in [3.63, 3.8) is 0 Å². The molecule has 0 radical (unpaired) electrons. The maximum absolute atomic E-state index is 7.54. The normalized spacial score (nSPS) is 11.6. The second-order valence-electron chi connectivity index (χ2n) is 24.7. The minimum absolute atomic E-state index is 0.370. The third-order valence-corrected chi connectivity index (χ3v) is 24.0. The lowest BCUT2D eigenvalue weighted by atomic mass is 10.1. The summed E-state index contributed by atoms with van der Waals surface area (Å²) in [6, 6.07) is 90.3. The summed E-state index contributed by atoms with van der Waals surface area (Å²) >= 11 is 36.4. The van der Waals surface area contributed by atoms with Gasteiger partial charge in [-0.3, -0.25) is 0 Å². The van der Waals surface area contributed by atoms with Crippen molar-refractivity contribution in [3.05, 3.63) is 309 Å². The van der Waals surface area contributed by atoms with Gasteiger partial charge in [-0.2, -0.15) is 0 Å². The number of nitrogens with zero attached hydrogens (tertiary/aromatic N) is 6. The molecule has 0 aliphatic carbocycles. The first-order chi connectivity index (χ1) is 51.1. The number of H-pyrrole nitrogens is 2. The number of aromatic nitrogens is 8. The first kappa shape index (κ1) is 67.0. The molecule has 2 aliphatic rings. The van der Waals surface area contributed by atoms with E-state index in [0.717, 1.165) is 94.9 Å². The lowest BCUT2D eigenvalue weighted by molar-refractivity contribution is 1.13. The molecule has 3 aromatic heterocycles. The van der Waals surface area contributed by atoms with Crippen LogP contribution in [0.15, 0.2) is 306 Å². The molecule has 0 atom stereocenters. The molecular formula is C84H58Cl4N12S4. The van der Waals surface area contributed by atoms with E-state index in [1.54, 1.807) is 47.0 Å². The van der Waals surface area contributed by atoms with E-state index in [2.05, 4.69) is 153 Å². The van der Waals surface area contributed by atoms with Crippen LogP contribution in [0.3, 0.4) is 0 Å². The Kier molecular flexibility index (Phi) is 19.2. The third kappa shape index (κ3) is 14.3. The quantitative estimate of drug-likeness (QED) is 0.0428. The first-order valence-corrected chi connectivity index (χ1v) is 38.2. The summed E-state index contributed by atoms with van der Waals surface area (Å²) in [7, 11) is 0. The number of nitrogens with one attached hydrogen (secondary N) is 6. The minimum atomic E-state index is 0.370. The Morgan fingerprint density at radius 1 is 0.240 bits per heavy atom. The molecule has 8 bridgehead atoms. The lowest BCUT2D eigenvalue weighted by Gasteiger charge is -2.13. The van der Waals surface area contributed by atoms with Gasteiger partial charge in [0.15, 0.2) is 23.3 Å². The molecule has 2 aliphatic heterocycles. The average molecular weight is 1510 g/mol. The SMILES string of the molecule is Clc1cc2c(cc1Sc1ccccc1NCc1ccccc1)-c1nc-2nc2[nH]c(nc3nc(nc4[nH]c(n1)c1cc(Cl)c(Sc5ccccc5NCc5ccccc5)cc41)-c1cc(Cl)c(Sc4ccccc4NCc4ccccc4)cc1-3)c1cc(Cl)c(Sc3ccccc3NCc3ccccc3)cc21. The van der Waals surface area contributed by atoms with Crippen molar-refractivity contribution in [2.24, 2.45) is 0 Å². The van der Waals surface area contributed by atoms with Gasteiger partial charge in [-0.25, -0.2) is 29.9 Å². The van der Waals surface area contributed by atoms with Gasteiger partial charge in [0, 0.05) is 132 Å². The van der Waals surface area contributed by atoms with E-state index >= 15 is 0 Å². The Morgan fingerprint density at radius 2 is 0.471 bits per heavy atom. The number of aromatic amines is 2. The highest BCUT2D eigenvalue weighted by atomic mass is 35.5. The van der Waals surface area contributed by atoms with Gasteiger partial charge in [0.05, 0.1) is 20.1 Å². The number of hydrogen-bond acceptors (Lipinski definition) is 14. The molecule has 0 saturated heterocycles. The fraction of sp³-hybridized carbons (Fsp3) is 0.0476. The van der Waals surface area contributed by atoms with E-state index in [4.69, 9.17) is 76.3 Å². The number of benzene rings is 12. The highest BCUT2D eigenvalue weighted by molar-refractivity contribution is 8.00. The van der Waals surface area contributed by atoms with Crippen LogP contribution >= 0.6 is 93.5 Å². The van der Waals surface area contributed by atoms with Crippen LogP contribution < -0.4 is 21.3 Å². The number of halogens is 4. The van der Waals surface area contributed by atoms with Crippen LogP contribution in [-0.4, -0.2) is 39.9 Å². The second-order valence-corrected chi connectivity index (χ2v) is 30.6. The van der Waals surface area contributed by atoms with Crippen LogP contribution in [0.2, 0.25) is 20.1 Å². The van der Waals surface area contributed by atoms with Gasteiger partial charge < -0.3 is 31.2 Å². The lowest BCUT2D eigenvalue weighted by Crippen LogP contribution is -2.00. The van der Waals surface area contributed by atoms with Gasteiger partial charge in [-0.15, -0.1) is 0 Å². The van der Waals surface area contributed by atoms with Gasteiger partial charge in [0.2, 0.25) is 0 Å². The Morgan fingerprint density at radius 3 is 0.760 bits per heavy atom. The summed E-state index contributed by atoms with van der Waals surface area (Å²) in [6.45, 7) is 2.55. The largest absolute Gasteiger partial charge is 0.380 e. The molecule has 506 valence electrons. The molecule has 6 N–H and O–H groups in total. The molecule has 12 aromatic carbocycles. The van der Waals surface area contributed by atoms with Gasteiger partial charge in [-0.1, -0.05) is 263 Å². The van der Waals surface area contributed by atoms with E-state index < -0.39 is 0 Å². The smallest absolute Gasteiger partial charge is 0.164 e. The van der Waals surface area contributed by atoms with Gasteiger partial charge in [0.25, 0.3) is 0 Å². The highest BCUT2D eigenvalue weighted by Gasteiger charge is 2.27. The molecular weight excluding hydrogens is 1450 g/mol. The molecule has 0 amide bonds. The first-order valence-electron chi connectivity index (χ1n) is 33.5. The summed E-state index contributed by atoms with van der Waals surface area (Å²) in [5.41, 5.74) is 13.1. The van der Waals surface area contributed by atoms with E-state index in [1.807, 2.05) is 146 Å². The summed E-state index contributed by atoms with van der Waals surface area (Å²) in [4.78, 5) is 47.3. The van der Waals surface area contributed by atoms with Crippen LogP contribution in [0, 0.1) is 0 Å². The molecule has 20 heteroatoms. The summed E-state index contributed by atoms with van der Waals surface area (Å²) in [5.74, 6) is 1.51. The maximum atomic E-state index is 7.54. The molecule has 0 spiro atoms. The van der Waals surface area contributed by atoms with Crippen molar-refractivity contribution in [2.75, 3.05) is 21.3 Å². The number of fused-ring (bicyclic) bond motifs is 20. The number of para-hydroxylation sites is 4. The van der Waals surface area contributed by atoms with Crippen molar-refractivity contribution < 1.29 is 0 Å². The Bertz CT molecular complexity index is 5610. The van der Waals surface area contributed by atoms with Crippen LogP contribution in [0.25, 0.3) is 89.7 Å². The Hall–Kier alpha value is -10.2. The zero-order valence-electron chi connectivity index (χ0n) is 55.1. The van der Waals surface area contributed by atoms with Crippen molar-refractivity contribution in [3.8, 4) is 45.6 Å². The minimum Gasteiger partial charge on any atom is -0.380 e. The van der Waals surface area contributed by atoms with Crippen LogP contribution in [0.5, 0.6) is 0 Å². The Balaban J connectivity index is 0.864. The number of rotatable bonds is 20. The van der Waals surface area contributed by atoms with Crippen molar-refractivity contribution in [1.82, 2.24) is 39.9 Å². The Labute approximate surface area is 636 Å². The maximum Gasteiger partial charge on any atom is 0.164 e. The van der Waals surface area contributed by atoms with Crippen molar-refractivity contribution in [1.29, 1.82) is 0 Å². The molecule has 104 heavy (non-hydrogen) atoms. The molecule has 17 rings (SSSR count). The molecule has 0 saturated carbocycles. The van der Waals surface area contributed by atoms with E-state index in [-0.39, 0.29) is 0 Å². The highest BCUT2D eigenvalue weighted by Crippen LogP contribution is 2.49.